The van der Waals surface area contributed by atoms with Gasteiger partial charge in [-0.15, -0.1) is 11.3 Å². The average Bonchev–Trinajstić information content (AvgIpc) is 2.83. The van der Waals surface area contributed by atoms with Crippen molar-refractivity contribution in [3.8, 4) is 0 Å². The fraction of sp³-hybridized carbons (Fsp3) is 0.250. The van der Waals surface area contributed by atoms with Crippen molar-refractivity contribution in [3.63, 3.8) is 0 Å². The van der Waals surface area contributed by atoms with Gasteiger partial charge in [-0.3, -0.25) is 10.1 Å². The Hall–Kier alpha value is -2.55. The third kappa shape index (κ3) is 3.31. The quantitative estimate of drug-likeness (QED) is 0.665. The molecule has 0 radical (unpaired) electrons. The number of pyridine rings is 1. The SMILES string of the molecule is Cc1nc(CN(C)c2cc(C(=O)O)c([N+](=O)[O-])cn2)cs1. The predicted octanol–water partition coefficient (Wildman–Crippen LogP) is 2.09. The van der Waals surface area contributed by atoms with Gasteiger partial charge in [0, 0.05) is 18.5 Å². The number of nitrogens with zero attached hydrogens (tertiary/aromatic N) is 4. The lowest BCUT2D eigenvalue weighted by Crippen LogP contribution is -2.19. The maximum atomic E-state index is 11.1. The summed E-state index contributed by atoms with van der Waals surface area (Å²) in [6.07, 6.45) is 0.960. The number of nitro groups is 1. The van der Waals surface area contributed by atoms with Crippen molar-refractivity contribution < 1.29 is 14.8 Å². The molecule has 2 heterocycles. The van der Waals surface area contributed by atoms with Gasteiger partial charge in [0.2, 0.25) is 0 Å². The van der Waals surface area contributed by atoms with Gasteiger partial charge in [0.25, 0.3) is 0 Å². The van der Waals surface area contributed by atoms with E-state index in [1.54, 1.807) is 11.9 Å². The van der Waals surface area contributed by atoms with E-state index < -0.39 is 16.6 Å². The molecule has 110 valence electrons. The molecule has 0 fully saturated rings. The summed E-state index contributed by atoms with van der Waals surface area (Å²) in [6.45, 7) is 2.33. The summed E-state index contributed by atoms with van der Waals surface area (Å²) in [7, 11) is 1.72. The Bertz CT molecular complexity index is 700. The van der Waals surface area contributed by atoms with E-state index in [0.29, 0.717) is 12.4 Å². The number of rotatable bonds is 5. The van der Waals surface area contributed by atoms with Gasteiger partial charge in [0.1, 0.15) is 17.6 Å². The molecule has 2 aromatic rings. The minimum atomic E-state index is -1.36. The van der Waals surface area contributed by atoms with Crippen LogP contribution in [-0.4, -0.2) is 33.0 Å². The third-order valence-electron chi connectivity index (χ3n) is 2.75. The van der Waals surface area contributed by atoms with Crippen molar-refractivity contribution in [3.05, 3.63) is 44.0 Å². The Balaban J connectivity index is 2.29. The Morgan fingerprint density at radius 1 is 1.57 bits per heavy atom. The number of carboxylic acid groups (broad SMARTS) is 1. The topological polar surface area (TPSA) is 109 Å². The van der Waals surface area contributed by atoms with Gasteiger partial charge >= 0.3 is 11.7 Å². The summed E-state index contributed by atoms with van der Waals surface area (Å²) in [5.41, 5.74) is -0.0764. The first-order chi connectivity index (χ1) is 9.88. The molecule has 0 aliphatic rings. The van der Waals surface area contributed by atoms with Gasteiger partial charge in [0.15, 0.2) is 0 Å². The number of thiazole rings is 1. The minimum Gasteiger partial charge on any atom is -0.477 e. The van der Waals surface area contributed by atoms with Crippen molar-refractivity contribution in [2.45, 2.75) is 13.5 Å². The molecule has 9 heteroatoms. The monoisotopic (exact) mass is 308 g/mol. The standard InChI is InChI=1S/C12H12N4O4S/c1-7-14-8(6-21-7)5-15(2)11-3-9(12(17)18)10(4-13-11)16(19)20/h3-4,6H,5H2,1-2H3,(H,17,18). The number of hydrogen-bond donors (Lipinski definition) is 1. The normalized spacial score (nSPS) is 10.4. The molecule has 0 bridgehead atoms. The molecule has 0 aliphatic heterocycles. The molecule has 8 nitrogen and oxygen atoms in total. The molecular formula is C12H12N4O4S. The second-order valence-electron chi connectivity index (χ2n) is 4.34. The maximum Gasteiger partial charge on any atom is 0.342 e. The van der Waals surface area contributed by atoms with E-state index in [9.17, 15) is 14.9 Å². The molecule has 21 heavy (non-hydrogen) atoms. The second kappa shape index (κ2) is 5.83. The number of carbonyl (C=O) groups is 1. The number of hydrogen-bond acceptors (Lipinski definition) is 7. The minimum absolute atomic E-state index is 0.337. The Kier molecular flexibility index (Phi) is 4.13. The van der Waals surface area contributed by atoms with E-state index in [1.165, 1.54) is 17.4 Å². The van der Waals surface area contributed by atoms with Crippen molar-refractivity contribution in [1.29, 1.82) is 0 Å². The van der Waals surface area contributed by atoms with E-state index >= 15 is 0 Å². The van der Waals surface area contributed by atoms with Crippen molar-refractivity contribution in [1.82, 2.24) is 9.97 Å². The van der Waals surface area contributed by atoms with Gasteiger partial charge in [-0.2, -0.15) is 0 Å². The molecule has 1 N–H and O–H groups in total. The first-order valence-electron chi connectivity index (χ1n) is 5.88. The highest BCUT2D eigenvalue weighted by atomic mass is 32.1. The lowest BCUT2D eigenvalue weighted by molar-refractivity contribution is -0.385. The second-order valence-corrected chi connectivity index (χ2v) is 5.40. The van der Waals surface area contributed by atoms with Crippen LogP contribution in [0, 0.1) is 17.0 Å². The Morgan fingerprint density at radius 2 is 2.29 bits per heavy atom. The molecule has 0 aliphatic carbocycles. The molecule has 0 spiro atoms. The van der Waals surface area contributed by atoms with E-state index in [0.717, 1.165) is 16.9 Å². The molecule has 2 rings (SSSR count). The molecule has 0 saturated carbocycles. The van der Waals surface area contributed by atoms with Crippen LogP contribution < -0.4 is 4.90 Å². The van der Waals surface area contributed by atoms with E-state index in [2.05, 4.69) is 9.97 Å². The Morgan fingerprint density at radius 3 is 2.81 bits per heavy atom. The molecule has 0 aromatic carbocycles. The van der Waals surface area contributed by atoms with Crippen molar-refractivity contribution >= 4 is 28.8 Å². The first-order valence-corrected chi connectivity index (χ1v) is 6.76. The van der Waals surface area contributed by atoms with Crippen LogP contribution in [-0.2, 0) is 6.54 Å². The number of anilines is 1. The fourth-order valence-corrected chi connectivity index (χ4v) is 2.37. The van der Waals surface area contributed by atoms with Crippen LogP contribution in [0.1, 0.15) is 21.1 Å². The smallest absolute Gasteiger partial charge is 0.342 e. The molecule has 0 amide bonds. The van der Waals surface area contributed by atoms with Crippen LogP contribution in [0.5, 0.6) is 0 Å². The van der Waals surface area contributed by atoms with Crippen molar-refractivity contribution in [2.24, 2.45) is 0 Å². The average molecular weight is 308 g/mol. The van der Waals surface area contributed by atoms with Gasteiger partial charge < -0.3 is 10.0 Å². The highest BCUT2D eigenvalue weighted by Gasteiger charge is 2.22. The maximum absolute atomic E-state index is 11.1. The zero-order valence-corrected chi connectivity index (χ0v) is 12.1. The number of aromatic carboxylic acids is 1. The molecule has 2 aromatic heterocycles. The van der Waals surface area contributed by atoms with Gasteiger partial charge in [-0.25, -0.2) is 14.8 Å². The van der Waals surface area contributed by atoms with Crippen LogP contribution in [0.15, 0.2) is 17.6 Å². The number of aromatic nitrogens is 2. The van der Waals surface area contributed by atoms with Crippen molar-refractivity contribution in [2.75, 3.05) is 11.9 Å². The third-order valence-corrected chi connectivity index (χ3v) is 3.57. The molecule has 0 saturated heterocycles. The highest BCUT2D eigenvalue weighted by molar-refractivity contribution is 7.09. The van der Waals surface area contributed by atoms with E-state index in [-0.39, 0.29) is 5.56 Å². The van der Waals surface area contributed by atoms with Gasteiger partial charge in [-0.1, -0.05) is 0 Å². The van der Waals surface area contributed by atoms with Crippen LogP contribution in [0.4, 0.5) is 11.5 Å². The number of aryl methyl sites for hydroxylation is 1. The summed E-state index contributed by atoms with van der Waals surface area (Å²) >= 11 is 1.51. The van der Waals surface area contributed by atoms with Crippen LogP contribution in [0.25, 0.3) is 0 Å². The van der Waals surface area contributed by atoms with Crippen LogP contribution in [0.2, 0.25) is 0 Å². The van der Waals surface area contributed by atoms with E-state index in [4.69, 9.17) is 5.11 Å². The summed E-state index contributed by atoms with van der Waals surface area (Å²) in [4.78, 5) is 31.1. The summed E-state index contributed by atoms with van der Waals surface area (Å²) in [5, 5.41) is 22.7. The Labute approximate surface area is 123 Å². The lowest BCUT2D eigenvalue weighted by Gasteiger charge is -2.17. The number of carboxylic acids is 1. The van der Waals surface area contributed by atoms with Gasteiger partial charge in [0.05, 0.1) is 22.2 Å². The van der Waals surface area contributed by atoms with E-state index in [1.807, 2.05) is 12.3 Å². The van der Waals surface area contributed by atoms with Gasteiger partial charge in [-0.05, 0) is 6.92 Å². The molecule has 0 unspecified atom stereocenters. The summed E-state index contributed by atoms with van der Waals surface area (Å²) < 4.78 is 0. The largest absolute Gasteiger partial charge is 0.477 e. The predicted molar refractivity (Wildman–Crippen MR) is 76.8 cm³/mol. The molecular weight excluding hydrogens is 296 g/mol. The zero-order chi connectivity index (χ0) is 15.6. The first kappa shape index (κ1) is 14.9. The van der Waals surface area contributed by atoms with Crippen LogP contribution in [0.3, 0.4) is 0 Å². The zero-order valence-electron chi connectivity index (χ0n) is 11.3. The highest BCUT2D eigenvalue weighted by Crippen LogP contribution is 2.23. The summed E-state index contributed by atoms with van der Waals surface area (Å²) in [5.74, 6) is -1.02. The fourth-order valence-electron chi connectivity index (χ4n) is 1.77. The molecule has 0 atom stereocenters. The lowest BCUT2D eigenvalue weighted by atomic mass is 10.2. The summed E-state index contributed by atoms with van der Waals surface area (Å²) in [6, 6.07) is 1.19. The van der Waals surface area contributed by atoms with Crippen LogP contribution >= 0.6 is 11.3 Å².